The van der Waals surface area contributed by atoms with E-state index in [1.807, 2.05) is 0 Å². The van der Waals surface area contributed by atoms with Gasteiger partial charge in [0.15, 0.2) is 5.92 Å². The number of hydrogen-bond acceptors (Lipinski definition) is 12. The van der Waals surface area contributed by atoms with E-state index in [9.17, 15) is 48.7 Å². The molecule has 1 rings (SSSR count). The van der Waals surface area contributed by atoms with E-state index in [1.165, 1.54) is 0 Å². The van der Waals surface area contributed by atoms with Crippen molar-refractivity contribution in [1.82, 2.24) is 0 Å². The normalized spacial score (nSPS) is 30.0. The molecular weight excluding hydrogens is 380 g/mol. The number of aliphatic hydroxyl groups excluding tert-OH is 8. The second kappa shape index (κ2) is 9.57. The van der Waals surface area contributed by atoms with Crippen molar-refractivity contribution in [1.29, 1.82) is 0 Å². The molecule has 26 heavy (non-hydrogen) atoms. The van der Waals surface area contributed by atoms with Gasteiger partial charge in [-0.25, -0.2) is 8.42 Å². The van der Waals surface area contributed by atoms with E-state index in [1.54, 1.807) is 0 Å². The molecule has 1 fully saturated rings. The molecule has 0 amide bonds. The average Bonchev–Trinajstić information content (AvgIpc) is 2.82. The summed E-state index contributed by atoms with van der Waals surface area (Å²) in [5.41, 5.74) is 0. The third kappa shape index (κ3) is 5.97. The Kier molecular flexibility index (Phi) is 8.63. The third-order valence-electron chi connectivity index (χ3n) is 4.35. The van der Waals surface area contributed by atoms with Crippen molar-refractivity contribution in [2.75, 3.05) is 13.2 Å². The molecule has 0 aromatic rings. The van der Waals surface area contributed by atoms with Gasteiger partial charge in [-0.05, 0) is 0 Å². The van der Waals surface area contributed by atoms with Crippen LogP contribution in [0.5, 0.6) is 0 Å². The highest BCUT2D eigenvalue weighted by Gasteiger charge is 2.52. The van der Waals surface area contributed by atoms with Gasteiger partial charge in [-0.2, -0.15) is 0 Å². The van der Waals surface area contributed by atoms with Crippen LogP contribution < -0.4 is 0 Å². The molecule has 0 bridgehead atoms. The summed E-state index contributed by atoms with van der Waals surface area (Å²) in [6.45, 7) is -1.59. The van der Waals surface area contributed by atoms with Gasteiger partial charge in [0.2, 0.25) is 10.4 Å². The van der Waals surface area contributed by atoms with Crippen LogP contribution in [0.3, 0.4) is 0 Å². The van der Waals surface area contributed by atoms with E-state index in [-0.39, 0.29) is 12.3 Å². The van der Waals surface area contributed by atoms with Gasteiger partial charge in [-0.3, -0.25) is 4.18 Å². The summed E-state index contributed by atoms with van der Waals surface area (Å²) in [5.74, 6) is -0.712. The molecule has 0 aliphatic heterocycles. The molecule has 13 heteroatoms. The number of rotatable bonds is 10. The van der Waals surface area contributed by atoms with Crippen LogP contribution in [-0.4, -0.2) is 110 Å². The molecule has 1 aliphatic carbocycles. The van der Waals surface area contributed by atoms with Crippen molar-refractivity contribution in [3.63, 3.8) is 0 Å². The molecule has 1 saturated carbocycles. The maximum atomic E-state index is 10.9. The largest absolute Gasteiger partial charge is 0.726 e. The van der Waals surface area contributed by atoms with Crippen LogP contribution in [0.25, 0.3) is 0 Å². The Bertz CT molecular complexity index is 527. The fourth-order valence-corrected chi connectivity index (χ4v) is 3.44. The molecule has 12 nitrogen and oxygen atoms in total. The van der Waals surface area contributed by atoms with Gasteiger partial charge in [-0.1, -0.05) is 0 Å². The van der Waals surface area contributed by atoms with Crippen LogP contribution in [0.1, 0.15) is 12.8 Å². The maximum absolute atomic E-state index is 10.9. The second-order valence-electron chi connectivity index (χ2n) is 6.18. The zero-order chi connectivity index (χ0) is 20.2. The predicted molar refractivity (Wildman–Crippen MR) is 80.7 cm³/mol. The number of hydrogen-bond donors (Lipinski definition) is 8. The summed E-state index contributed by atoms with van der Waals surface area (Å²) >= 11 is 0. The molecule has 0 unspecified atom stereocenters. The van der Waals surface area contributed by atoms with Crippen LogP contribution >= 0.6 is 0 Å². The lowest BCUT2D eigenvalue weighted by Crippen LogP contribution is -2.52. The van der Waals surface area contributed by atoms with Crippen LogP contribution in [-0.2, 0) is 14.6 Å². The highest BCUT2D eigenvalue weighted by molar-refractivity contribution is 7.80. The van der Waals surface area contributed by atoms with Crippen LogP contribution in [0.2, 0.25) is 0 Å². The Labute approximate surface area is 149 Å². The topological polar surface area (TPSA) is 228 Å². The summed E-state index contributed by atoms with van der Waals surface area (Å²) in [4.78, 5) is 0. The van der Waals surface area contributed by atoms with E-state index in [0.717, 1.165) is 0 Å². The van der Waals surface area contributed by atoms with Crippen molar-refractivity contribution < 1.29 is 58.0 Å². The van der Waals surface area contributed by atoms with Gasteiger partial charge in [0.25, 0.3) is 0 Å². The molecule has 0 radical (unpaired) electrons. The van der Waals surface area contributed by atoms with E-state index in [4.69, 9.17) is 5.11 Å². The Morgan fingerprint density at radius 1 is 1.08 bits per heavy atom. The van der Waals surface area contributed by atoms with E-state index in [2.05, 4.69) is 4.18 Å². The smallest absolute Gasteiger partial charge is 0.218 e. The summed E-state index contributed by atoms with van der Waals surface area (Å²) in [7, 11) is -5.44. The summed E-state index contributed by atoms with van der Waals surface area (Å²) in [5, 5.41) is 76.5. The Morgan fingerprint density at radius 3 is 2.12 bits per heavy atom. The molecule has 154 valence electrons. The molecule has 0 spiro atoms. The molecular formula is C13H24O12S. The summed E-state index contributed by atoms with van der Waals surface area (Å²) < 4.78 is 36.6. The van der Waals surface area contributed by atoms with Gasteiger partial charge in [0.05, 0.1) is 13.2 Å². The molecule has 8 N–H and O–H groups in total. The second-order valence-corrected chi connectivity index (χ2v) is 7.19. The molecule has 8 atom stereocenters. The average molecular weight is 404 g/mol. The third-order valence-corrected chi connectivity index (χ3v) is 4.80. The van der Waals surface area contributed by atoms with Crippen LogP contribution in [0.15, 0.2) is 0 Å². The highest BCUT2D eigenvalue weighted by Crippen LogP contribution is 2.38. The first-order valence-electron chi connectivity index (χ1n) is 7.71. The Balaban J connectivity index is 2.95. The minimum atomic E-state index is -5.44. The molecule has 0 saturated heterocycles. The predicted octanol–water partition coefficient (Wildman–Crippen LogP) is -5.03. The number of aliphatic hydroxyl groups is 8. The monoisotopic (exact) mass is 404 g/mol. The fourth-order valence-electron chi connectivity index (χ4n) is 2.92. The first-order chi connectivity index (χ1) is 11.9. The van der Waals surface area contributed by atoms with Gasteiger partial charge < -0.3 is 45.4 Å². The Hall–Kier alpha value is -0.580. The van der Waals surface area contributed by atoms with Crippen LogP contribution in [0, 0.1) is 11.8 Å². The minimum Gasteiger partial charge on any atom is -0.726 e. The SMILES string of the molecule is O=S(=O)([O-])O[C@@H]([C@H](O)[C@H](O)[C@H](O)CO)[C@H](O)C[C+]1C[C@@H](O)[C@H](O)[C@H]1CO. The van der Waals surface area contributed by atoms with Crippen molar-refractivity contribution in [2.24, 2.45) is 5.92 Å². The first kappa shape index (κ1) is 23.5. The summed E-state index contributed by atoms with van der Waals surface area (Å²) in [6, 6.07) is 0. The summed E-state index contributed by atoms with van der Waals surface area (Å²) in [6.07, 6.45) is -13.7. The molecule has 0 heterocycles. The van der Waals surface area contributed by atoms with E-state index in [0.29, 0.717) is 0 Å². The van der Waals surface area contributed by atoms with Crippen molar-refractivity contribution in [3.05, 3.63) is 5.92 Å². The van der Waals surface area contributed by atoms with Gasteiger partial charge >= 0.3 is 0 Å². The zero-order valence-electron chi connectivity index (χ0n) is 13.6. The maximum Gasteiger partial charge on any atom is 0.218 e. The van der Waals surface area contributed by atoms with Crippen molar-refractivity contribution in [3.8, 4) is 0 Å². The lowest BCUT2D eigenvalue weighted by atomic mass is 9.87. The van der Waals surface area contributed by atoms with Crippen molar-refractivity contribution >= 4 is 10.4 Å². The van der Waals surface area contributed by atoms with E-state index < -0.39 is 78.7 Å². The minimum absolute atomic E-state index is 0.141. The van der Waals surface area contributed by atoms with Gasteiger partial charge in [0.1, 0.15) is 61.5 Å². The van der Waals surface area contributed by atoms with E-state index >= 15 is 0 Å². The van der Waals surface area contributed by atoms with Crippen molar-refractivity contribution in [2.45, 2.75) is 55.6 Å². The molecule has 0 aromatic carbocycles. The van der Waals surface area contributed by atoms with Crippen LogP contribution in [0.4, 0.5) is 0 Å². The lowest BCUT2D eigenvalue weighted by molar-refractivity contribution is -0.133. The highest BCUT2D eigenvalue weighted by atomic mass is 32.3. The standard InChI is InChI=1S/C13H24O12S/c14-3-6-5(1-7(16)10(6)19)2-8(17)13(25-26(22,23)24)12(21)11(20)9(18)4-15/h6-21H,1-4H2/t6-,7+,8+,9+,10+,11+,12+,13+/m0/s1. The lowest BCUT2D eigenvalue weighted by Gasteiger charge is -2.31. The Morgan fingerprint density at radius 2 is 1.65 bits per heavy atom. The fraction of sp³-hybridized carbons (Fsp3) is 0.923. The van der Waals surface area contributed by atoms with Gasteiger partial charge in [-0.15, -0.1) is 0 Å². The quantitative estimate of drug-likeness (QED) is 0.0971. The first-order valence-corrected chi connectivity index (χ1v) is 9.05. The zero-order valence-corrected chi connectivity index (χ0v) is 14.4. The molecule has 1 aliphatic rings. The van der Waals surface area contributed by atoms with Gasteiger partial charge in [0, 0.05) is 0 Å². The molecule has 0 aromatic heterocycles.